The lowest BCUT2D eigenvalue weighted by Gasteiger charge is -2.23. The quantitative estimate of drug-likeness (QED) is 0.370. The fourth-order valence-electron chi connectivity index (χ4n) is 3.60. The highest BCUT2D eigenvalue weighted by molar-refractivity contribution is 7.99. The van der Waals surface area contributed by atoms with Crippen molar-refractivity contribution in [3.63, 3.8) is 0 Å². The Morgan fingerprint density at radius 1 is 1.15 bits per heavy atom. The molecule has 1 fully saturated rings. The van der Waals surface area contributed by atoms with E-state index in [0.29, 0.717) is 42.5 Å². The zero-order valence-electron chi connectivity index (χ0n) is 19.9. The van der Waals surface area contributed by atoms with Crippen molar-refractivity contribution >= 4 is 35.3 Å². The molecule has 1 amide bonds. The van der Waals surface area contributed by atoms with Gasteiger partial charge in [-0.3, -0.25) is 4.79 Å². The van der Waals surface area contributed by atoms with Crippen molar-refractivity contribution in [2.75, 3.05) is 43.7 Å². The summed E-state index contributed by atoms with van der Waals surface area (Å²) >= 11 is 1.33. The van der Waals surface area contributed by atoms with Gasteiger partial charge in [0.1, 0.15) is 11.5 Å². The average molecular weight is 487 g/mol. The molecule has 4 rings (SSSR count). The summed E-state index contributed by atoms with van der Waals surface area (Å²) in [6, 6.07) is 5.87. The number of amides is 1. The maximum Gasteiger partial charge on any atom is 0.261 e. The second kappa shape index (κ2) is 10.8. The standard InChI is InChI=1S/C22H30N8O3S/c1-5-23-19-25-20(24-6-2)30-21(26-19)27-28-22(30)34-13-18(31)29(15-7-8-15)12-14-11-16(32-3)9-10-17(14)33-4/h9-11,15H,5-8,12-13H2,1-4H3,(H2,23,24,25,26,27). The lowest BCUT2D eigenvalue weighted by atomic mass is 10.1. The molecule has 2 N–H and O–H groups in total. The van der Waals surface area contributed by atoms with E-state index in [-0.39, 0.29) is 17.7 Å². The number of fused-ring (bicyclic) bond motifs is 1. The summed E-state index contributed by atoms with van der Waals surface area (Å²) in [5.41, 5.74) is 0.916. The number of methoxy groups -OCH3 is 2. The molecule has 3 aromatic rings. The Bertz CT molecular complexity index is 1150. The number of nitrogens with zero attached hydrogens (tertiary/aromatic N) is 6. The van der Waals surface area contributed by atoms with E-state index in [4.69, 9.17) is 9.47 Å². The Kier molecular flexibility index (Phi) is 7.56. The summed E-state index contributed by atoms with van der Waals surface area (Å²) < 4.78 is 12.6. The first-order valence-electron chi connectivity index (χ1n) is 11.3. The molecule has 11 nitrogen and oxygen atoms in total. The van der Waals surface area contributed by atoms with Crippen molar-refractivity contribution < 1.29 is 14.3 Å². The van der Waals surface area contributed by atoms with Gasteiger partial charge >= 0.3 is 0 Å². The molecule has 0 spiro atoms. The topological polar surface area (TPSA) is 119 Å². The summed E-state index contributed by atoms with van der Waals surface area (Å²) in [5.74, 6) is 3.22. The highest BCUT2D eigenvalue weighted by Gasteiger charge is 2.33. The fraction of sp³-hybridized carbons (Fsp3) is 0.500. The zero-order valence-corrected chi connectivity index (χ0v) is 20.7. The van der Waals surface area contributed by atoms with Crippen molar-refractivity contribution in [2.24, 2.45) is 0 Å². The van der Waals surface area contributed by atoms with Gasteiger partial charge in [0, 0.05) is 31.2 Å². The van der Waals surface area contributed by atoms with Crippen molar-refractivity contribution in [2.45, 2.75) is 44.4 Å². The summed E-state index contributed by atoms with van der Waals surface area (Å²) in [6.45, 7) is 5.80. The summed E-state index contributed by atoms with van der Waals surface area (Å²) in [4.78, 5) is 24.1. The van der Waals surface area contributed by atoms with Crippen LogP contribution in [0.2, 0.25) is 0 Å². The predicted molar refractivity (Wildman–Crippen MR) is 131 cm³/mol. The Balaban J connectivity index is 1.52. The predicted octanol–water partition coefficient (Wildman–Crippen LogP) is 2.68. The van der Waals surface area contributed by atoms with Crippen LogP contribution in [0.3, 0.4) is 0 Å². The number of nitrogens with one attached hydrogen (secondary N) is 2. The van der Waals surface area contributed by atoms with E-state index in [1.165, 1.54) is 11.8 Å². The van der Waals surface area contributed by atoms with Crippen LogP contribution in [0.25, 0.3) is 5.78 Å². The third-order valence-corrected chi connectivity index (χ3v) is 6.29. The van der Waals surface area contributed by atoms with Crippen LogP contribution >= 0.6 is 11.8 Å². The molecule has 0 aliphatic heterocycles. The third kappa shape index (κ3) is 5.27. The number of rotatable bonds is 12. The highest BCUT2D eigenvalue weighted by atomic mass is 32.2. The number of anilines is 2. The molecule has 0 saturated heterocycles. The molecule has 2 heterocycles. The first-order chi connectivity index (χ1) is 16.6. The van der Waals surface area contributed by atoms with E-state index in [2.05, 4.69) is 30.8 Å². The Labute approximate surface area is 202 Å². The number of thioether (sulfide) groups is 1. The zero-order chi connectivity index (χ0) is 24.1. The minimum Gasteiger partial charge on any atom is -0.497 e. The molecule has 182 valence electrons. The van der Waals surface area contributed by atoms with E-state index in [1.54, 1.807) is 18.6 Å². The number of benzene rings is 1. The third-order valence-electron chi connectivity index (χ3n) is 5.38. The van der Waals surface area contributed by atoms with E-state index >= 15 is 0 Å². The van der Waals surface area contributed by atoms with Gasteiger partial charge in [0.25, 0.3) is 5.78 Å². The van der Waals surface area contributed by atoms with Gasteiger partial charge in [0.15, 0.2) is 5.16 Å². The molecule has 0 atom stereocenters. The first-order valence-corrected chi connectivity index (χ1v) is 12.3. The average Bonchev–Trinajstić information content (AvgIpc) is 3.60. The Morgan fingerprint density at radius 2 is 1.94 bits per heavy atom. The highest BCUT2D eigenvalue weighted by Crippen LogP contribution is 2.33. The van der Waals surface area contributed by atoms with Gasteiger partial charge < -0.3 is 25.0 Å². The summed E-state index contributed by atoms with van der Waals surface area (Å²) in [7, 11) is 3.26. The monoisotopic (exact) mass is 486 g/mol. The van der Waals surface area contributed by atoms with Gasteiger partial charge in [0.2, 0.25) is 17.8 Å². The van der Waals surface area contributed by atoms with Gasteiger partial charge in [-0.1, -0.05) is 11.8 Å². The Morgan fingerprint density at radius 3 is 2.62 bits per heavy atom. The molecule has 1 saturated carbocycles. The molecular weight excluding hydrogens is 456 g/mol. The van der Waals surface area contributed by atoms with Crippen LogP contribution in [0, 0.1) is 0 Å². The van der Waals surface area contributed by atoms with Crippen molar-refractivity contribution in [1.29, 1.82) is 0 Å². The second-order valence-corrected chi connectivity index (χ2v) is 8.71. The number of hydrogen-bond acceptors (Lipinski definition) is 10. The van der Waals surface area contributed by atoms with E-state index in [9.17, 15) is 4.79 Å². The maximum absolute atomic E-state index is 13.3. The molecule has 0 radical (unpaired) electrons. The number of carbonyl (C=O) groups excluding carboxylic acids is 1. The molecule has 1 aromatic carbocycles. The van der Waals surface area contributed by atoms with Crippen LogP contribution < -0.4 is 20.1 Å². The number of ether oxygens (including phenoxy) is 2. The van der Waals surface area contributed by atoms with Gasteiger partial charge in [-0.15, -0.1) is 10.2 Å². The van der Waals surface area contributed by atoms with Crippen molar-refractivity contribution in [3.8, 4) is 11.5 Å². The molecule has 2 aromatic heterocycles. The molecule has 34 heavy (non-hydrogen) atoms. The molecular formula is C22H30N8O3S. The van der Waals surface area contributed by atoms with Gasteiger partial charge in [-0.25, -0.2) is 4.40 Å². The second-order valence-electron chi connectivity index (χ2n) is 7.77. The van der Waals surface area contributed by atoms with Crippen LogP contribution in [-0.2, 0) is 11.3 Å². The number of hydrogen-bond donors (Lipinski definition) is 2. The largest absolute Gasteiger partial charge is 0.497 e. The van der Waals surface area contributed by atoms with Gasteiger partial charge in [0.05, 0.1) is 20.0 Å². The number of aromatic nitrogens is 5. The lowest BCUT2D eigenvalue weighted by Crippen LogP contribution is -2.34. The van der Waals surface area contributed by atoms with E-state index in [0.717, 1.165) is 29.9 Å². The molecule has 1 aliphatic rings. The molecule has 0 bridgehead atoms. The van der Waals surface area contributed by atoms with E-state index in [1.807, 2.05) is 36.9 Å². The van der Waals surface area contributed by atoms with Crippen molar-refractivity contribution in [3.05, 3.63) is 23.8 Å². The molecule has 0 unspecified atom stereocenters. The fourth-order valence-corrected chi connectivity index (χ4v) is 4.42. The summed E-state index contributed by atoms with van der Waals surface area (Å²) in [6.07, 6.45) is 2.00. The van der Waals surface area contributed by atoms with Crippen LogP contribution in [0.15, 0.2) is 23.4 Å². The van der Waals surface area contributed by atoms with Crippen molar-refractivity contribution in [1.82, 2.24) is 29.5 Å². The Hall–Kier alpha value is -3.28. The normalized spacial score (nSPS) is 13.1. The first kappa shape index (κ1) is 23.9. The lowest BCUT2D eigenvalue weighted by molar-refractivity contribution is -0.129. The SMILES string of the molecule is CCNc1nc(NCC)n2c(SCC(=O)N(Cc3cc(OC)ccc3OC)C3CC3)nnc2n1. The molecule has 12 heteroatoms. The van der Waals surface area contributed by atoms with Crippen LogP contribution in [0.1, 0.15) is 32.3 Å². The van der Waals surface area contributed by atoms with Gasteiger partial charge in [-0.05, 0) is 44.9 Å². The minimum absolute atomic E-state index is 0.0318. The van der Waals surface area contributed by atoms with Crippen LogP contribution in [0.5, 0.6) is 11.5 Å². The van der Waals surface area contributed by atoms with E-state index < -0.39 is 0 Å². The molecule has 1 aliphatic carbocycles. The van der Waals surface area contributed by atoms with Crippen LogP contribution in [-0.4, -0.2) is 74.5 Å². The summed E-state index contributed by atoms with van der Waals surface area (Å²) in [5, 5.41) is 15.4. The maximum atomic E-state index is 13.3. The smallest absolute Gasteiger partial charge is 0.261 e. The number of carbonyl (C=O) groups is 1. The minimum atomic E-state index is 0.0318. The van der Waals surface area contributed by atoms with Crippen LogP contribution in [0.4, 0.5) is 11.9 Å². The van der Waals surface area contributed by atoms with Gasteiger partial charge in [-0.2, -0.15) is 9.97 Å².